The summed E-state index contributed by atoms with van der Waals surface area (Å²) in [7, 11) is -1.99. The Morgan fingerprint density at radius 1 is 0.929 bits per heavy atom. The van der Waals surface area contributed by atoms with Crippen molar-refractivity contribution in [2.45, 2.75) is 89.6 Å². The quantitative estimate of drug-likeness (QED) is 0.247. The van der Waals surface area contributed by atoms with Crippen LogP contribution < -0.4 is 15.8 Å². The zero-order valence-corrected chi connectivity index (χ0v) is 28.1. The second-order valence-corrected chi connectivity index (χ2v) is 18.8. The van der Waals surface area contributed by atoms with Crippen LogP contribution in [0.2, 0.25) is 26.7 Å². The van der Waals surface area contributed by atoms with Gasteiger partial charge in [0.15, 0.2) is 0 Å². The Kier molecular flexibility index (Phi) is 10.7. The average Bonchev–Trinajstić information content (AvgIpc) is 3.34. The van der Waals surface area contributed by atoms with Crippen LogP contribution in [0.4, 0.5) is 0 Å². The molecule has 2 atom stereocenters. The largest absolute Gasteiger partial charge is 0.457 e. The monoisotopic (exact) mass is 633 g/mol. The summed E-state index contributed by atoms with van der Waals surface area (Å²) in [6.45, 7) is 16.2. The highest BCUT2D eigenvalue weighted by molar-refractivity contribution is 6.77. The van der Waals surface area contributed by atoms with E-state index in [9.17, 15) is 9.59 Å². The zero-order chi connectivity index (χ0) is 30.8. The molecule has 0 bridgehead atoms. The molecule has 3 N–H and O–H groups in total. The van der Waals surface area contributed by atoms with Crippen molar-refractivity contribution in [1.29, 1.82) is 0 Å². The van der Waals surface area contributed by atoms with Crippen LogP contribution in [0.5, 0.6) is 11.5 Å². The third-order valence-corrected chi connectivity index (χ3v) is 15.9. The third kappa shape index (κ3) is 6.83. The summed E-state index contributed by atoms with van der Waals surface area (Å²) in [5.41, 5.74) is 8.09. The third-order valence-electron chi connectivity index (χ3n) is 9.14. The molecule has 2 aromatic carbocycles. The Bertz CT molecular complexity index is 1220. The summed E-state index contributed by atoms with van der Waals surface area (Å²) < 4.78 is 13.1. The van der Waals surface area contributed by atoms with E-state index in [1.165, 1.54) is 0 Å². The molecule has 2 heterocycles. The molecule has 7 nitrogen and oxygen atoms in total. The minimum absolute atomic E-state index is 0.0335. The summed E-state index contributed by atoms with van der Waals surface area (Å²) in [4.78, 5) is 26.8. The van der Waals surface area contributed by atoms with E-state index in [4.69, 9.17) is 38.1 Å². The molecule has 4 rings (SSSR count). The molecule has 0 saturated carbocycles. The Balaban J connectivity index is 1.56. The number of nitrogens with two attached hydrogens (primary N) is 1. The molecule has 230 valence electrons. The number of hydrogen-bond donors (Lipinski definition) is 2. The van der Waals surface area contributed by atoms with Crippen molar-refractivity contribution in [1.82, 2.24) is 10.2 Å². The van der Waals surface area contributed by atoms with Gasteiger partial charge in [-0.15, -0.1) is 0 Å². The van der Waals surface area contributed by atoms with Crippen molar-refractivity contribution in [2.75, 3.05) is 19.6 Å². The van der Waals surface area contributed by atoms with Gasteiger partial charge in [0.2, 0.25) is 20.1 Å². The van der Waals surface area contributed by atoms with Gasteiger partial charge in [-0.25, -0.2) is 0 Å². The molecular formula is C32H45Cl2N3O4Si. The lowest BCUT2D eigenvalue weighted by atomic mass is 9.88. The first-order valence-electron chi connectivity index (χ1n) is 15.1. The van der Waals surface area contributed by atoms with E-state index < -0.39 is 14.2 Å². The van der Waals surface area contributed by atoms with Gasteiger partial charge < -0.3 is 20.2 Å². The number of nitrogens with one attached hydrogen (secondary N) is 1. The first-order chi connectivity index (χ1) is 19.8. The van der Waals surface area contributed by atoms with Gasteiger partial charge in [0.05, 0.1) is 16.0 Å². The topological polar surface area (TPSA) is 93.9 Å². The predicted molar refractivity (Wildman–Crippen MR) is 172 cm³/mol. The van der Waals surface area contributed by atoms with Gasteiger partial charge in [-0.2, -0.15) is 0 Å². The highest BCUT2D eigenvalue weighted by Gasteiger charge is 2.47. The van der Waals surface area contributed by atoms with Crippen LogP contribution in [0.3, 0.4) is 0 Å². The molecule has 0 aromatic heterocycles. The first-order valence-corrected chi connectivity index (χ1v) is 18.0. The van der Waals surface area contributed by atoms with Gasteiger partial charge in [0, 0.05) is 42.9 Å². The minimum atomic E-state index is -1.99. The van der Waals surface area contributed by atoms with Crippen molar-refractivity contribution in [3.05, 3.63) is 57.6 Å². The molecular weight excluding hydrogens is 589 g/mol. The highest BCUT2D eigenvalue weighted by Crippen LogP contribution is 2.46. The second kappa shape index (κ2) is 13.7. The molecule has 2 unspecified atom stereocenters. The molecule has 2 saturated heterocycles. The van der Waals surface area contributed by atoms with Crippen LogP contribution in [-0.2, 0) is 9.22 Å². The van der Waals surface area contributed by atoms with E-state index in [0.717, 1.165) is 37.9 Å². The van der Waals surface area contributed by atoms with Gasteiger partial charge >= 0.3 is 0 Å². The maximum atomic E-state index is 13.0. The van der Waals surface area contributed by atoms with Gasteiger partial charge in [-0.1, -0.05) is 64.7 Å². The molecule has 0 aliphatic carbocycles. The van der Waals surface area contributed by atoms with Crippen molar-refractivity contribution < 1.29 is 18.8 Å². The average molecular weight is 635 g/mol. The fourth-order valence-corrected chi connectivity index (χ4v) is 13.6. The molecule has 0 spiro atoms. The molecule has 2 aliphatic heterocycles. The SMILES string of the molecule is CC(C)[Si](OC1CCN(C(c2c(Cl)cc(Oc3ccc(C(N)=O)cc3)cc2Cl)C2CCNC2=O)CC1)(C(C)C)C(C)C. The van der Waals surface area contributed by atoms with Crippen LogP contribution in [0.25, 0.3) is 0 Å². The van der Waals surface area contributed by atoms with Crippen molar-refractivity contribution >= 4 is 43.3 Å². The number of likely N-dealkylation sites (tertiary alicyclic amines) is 1. The van der Waals surface area contributed by atoms with E-state index >= 15 is 0 Å². The summed E-state index contributed by atoms with van der Waals surface area (Å²) >= 11 is 13.8. The number of amides is 2. The first kappa shape index (κ1) is 32.8. The maximum Gasteiger partial charge on any atom is 0.248 e. The van der Waals surface area contributed by atoms with Crippen molar-refractivity contribution in [2.24, 2.45) is 11.7 Å². The van der Waals surface area contributed by atoms with E-state index in [1.54, 1.807) is 36.4 Å². The molecule has 2 fully saturated rings. The van der Waals surface area contributed by atoms with Crippen LogP contribution in [0.1, 0.15) is 82.8 Å². The number of primary amides is 1. The number of ether oxygens (including phenoxy) is 1. The molecule has 0 radical (unpaired) electrons. The Labute approximate surface area is 261 Å². The fourth-order valence-electron chi connectivity index (χ4n) is 7.25. The number of rotatable bonds is 11. The standard InChI is InChI=1S/C32H45Cl2N3O4Si/c1-19(2)42(20(3)4,21(5)6)41-24-12-15-37(16-13-24)30(26-11-14-36-32(26)39)29-27(33)17-25(18-28(29)34)40-23-9-7-22(8-10-23)31(35)38/h7-10,17-21,24,26,30H,11-16H2,1-6H3,(H2,35,38)(H,36,39). The van der Waals surface area contributed by atoms with Gasteiger partial charge in [-0.05, 0) is 72.3 Å². The number of carbonyl (C=O) groups excluding carboxylic acids is 2. The number of piperidine rings is 1. The van der Waals surface area contributed by atoms with E-state index in [-0.39, 0.29) is 24.0 Å². The number of nitrogens with zero attached hydrogens (tertiary/aromatic N) is 1. The van der Waals surface area contributed by atoms with Crippen molar-refractivity contribution in [3.8, 4) is 11.5 Å². The van der Waals surface area contributed by atoms with Gasteiger partial charge in [0.25, 0.3) is 0 Å². The van der Waals surface area contributed by atoms with Gasteiger partial charge in [0.1, 0.15) is 11.5 Å². The van der Waals surface area contributed by atoms with E-state index in [2.05, 4.69) is 51.8 Å². The van der Waals surface area contributed by atoms with Crippen molar-refractivity contribution in [3.63, 3.8) is 0 Å². The lowest BCUT2D eigenvalue weighted by Crippen LogP contribution is -2.52. The Morgan fingerprint density at radius 3 is 1.93 bits per heavy atom. The van der Waals surface area contributed by atoms with Crippen LogP contribution in [-0.4, -0.2) is 50.8 Å². The lowest BCUT2D eigenvalue weighted by molar-refractivity contribution is -0.124. The molecule has 2 amide bonds. The Hall–Kier alpha value is -2.10. The molecule has 2 aliphatic rings. The molecule has 10 heteroatoms. The fraction of sp³-hybridized carbons (Fsp3) is 0.562. The normalized spacial score (nSPS) is 19.5. The number of halogens is 2. The minimum Gasteiger partial charge on any atom is -0.457 e. The van der Waals surface area contributed by atoms with E-state index in [0.29, 0.717) is 50.3 Å². The lowest BCUT2D eigenvalue weighted by Gasteiger charge is -2.47. The highest BCUT2D eigenvalue weighted by atomic mass is 35.5. The zero-order valence-electron chi connectivity index (χ0n) is 25.6. The van der Waals surface area contributed by atoms with E-state index in [1.807, 2.05) is 0 Å². The number of carbonyl (C=O) groups is 2. The number of hydrogen-bond acceptors (Lipinski definition) is 5. The number of benzene rings is 2. The van der Waals surface area contributed by atoms with Gasteiger partial charge in [-0.3, -0.25) is 14.5 Å². The molecule has 42 heavy (non-hydrogen) atoms. The van der Waals surface area contributed by atoms with Crippen LogP contribution in [0.15, 0.2) is 36.4 Å². The smallest absolute Gasteiger partial charge is 0.248 e. The van der Waals surface area contributed by atoms with Crippen LogP contribution in [0, 0.1) is 5.92 Å². The maximum absolute atomic E-state index is 13.0. The Morgan fingerprint density at radius 2 is 1.48 bits per heavy atom. The predicted octanol–water partition coefficient (Wildman–Crippen LogP) is 7.72. The summed E-state index contributed by atoms with van der Waals surface area (Å²) in [6, 6.07) is 9.79. The second-order valence-electron chi connectivity index (χ2n) is 12.6. The summed E-state index contributed by atoms with van der Waals surface area (Å²) in [5.74, 6) is 0.278. The summed E-state index contributed by atoms with van der Waals surface area (Å²) in [5, 5.41) is 3.92. The summed E-state index contributed by atoms with van der Waals surface area (Å²) in [6.07, 6.45) is 2.74. The van der Waals surface area contributed by atoms with Crippen LogP contribution >= 0.6 is 23.2 Å². The molecule has 2 aromatic rings.